The molecule has 1 amide bonds. The zero-order valence-electron chi connectivity index (χ0n) is 16.7. The largest absolute Gasteiger partial charge is 0.368 e. The highest BCUT2D eigenvalue weighted by Gasteiger charge is 2.48. The van der Waals surface area contributed by atoms with Crippen LogP contribution in [-0.4, -0.2) is 44.4 Å². The summed E-state index contributed by atoms with van der Waals surface area (Å²) in [6.07, 6.45) is 10.5. The van der Waals surface area contributed by atoms with Gasteiger partial charge >= 0.3 is 0 Å². The molecule has 1 spiro atoms. The van der Waals surface area contributed by atoms with Gasteiger partial charge in [-0.1, -0.05) is 6.07 Å². The van der Waals surface area contributed by atoms with Crippen LogP contribution in [-0.2, 0) is 17.9 Å². The maximum absolute atomic E-state index is 13.7. The van der Waals surface area contributed by atoms with E-state index in [1.807, 2.05) is 59.9 Å². The molecule has 0 aliphatic carbocycles. The SMILES string of the molecule is O=C1N(Cc2cccnc2)c2ncccc2NC12CCN(Cc1ccncc1)CC2. The minimum absolute atomic E-state index is 0.0983. The Kier molecular flexibility index (Phi) is 4.88. The van der Waals surface area contributed by atoms with E-state index in [1.54, 1.807) is 12.4 Å². The van der Waals surface area contributed by atoms with Gasteiger partial charge in [0, 0.05) is 50.6 Å². The third-order valence-corrected chi connectivity index (χ3v) is 6.00. The van der Waals surface area contributed by atoms with Gasteiger partial charge in [0.25, 0.3) is 5.91 Å². The van der Waals surface area contributed by atoms with Gasteiger partial charge in [-0.2, -0.15) is 0 Å². The van der Waals surface area contributed by atoms with Gasteiger partial charge in [0.05, 0.1) is 12.2 Å². The molecule has 3 aromatic rings. The van der Waals surface area contributed by atoms with E-state index in [2.05, 4.69) is 25.2 Å². The third-order valence-electron chi connectivity index (χ3n) is 6.00. The van der Waals surface area contributed by atoms with E-state index < -0.39 is 5.54 Å². The van der Waals surface area contributed by atoms with Crippen LogP contribution in [0.5, 0.6) is 0 Å². The number of hydrogen-bond acceptors (Lipinski definition) is 6. The molecule has 3 aromatic heterocycles. The summed E-state index contributed by atoms with van der Waals surface area (Å²) in [6, 6.07) is 11.9. The Hall–Kier alpha value is -3.32. The van der Waals surface area contributed by atoms with Crippen molar-refractivity contribution in [2.24, 2.45) is 0 Å². The summed E-state index contributed by atoms with van der Waals surface area (Å²) < 4.78 is 0. The summed E-state index contributed by atoms with van der Waals surface area (Å²) in [6.45, 7) is 3.07. The summed E-state index contributed by atoms with van der Waals surface area (Å²) in [7, 11) is 0. The fourth-order valence-corrected chi connectivity index (χ4v) is 4.37. The molecule has 0 saturated carbocycles. The van der Waals surface area contributed by atoms with Crippen LogP contribution in [0.4, 0.5) is 11.5 Å². The van der Waals surface area contributed by atoms with Crippen LogP contribution in [0.3, 0.4) is 0 Å². The topological polar surface area (TPSA) is 74.2 Å². The monoisotopic (exact) mass is 400 g/mol. The molecule has 1 saturated heterocycles. The van der Waals surface area contributed by atoms with Gasteiger partial charge in [0.2, 0.25) is 0 Å². The summed E-state index contributed by atoms with van der Waals surface area (Å²) in [5.74, 6) is 0.789. The number of piperidine rings is 1. The highest BCUT2D eigenvalue weighted by atomic mass is 16.2. The van der Waals surface area contributed by atoms with E-state index in [4.69, 9.17) is 0 Å². The molecule has 2 aliphatic heterocycles. The van der Waals surface area contributed by atoms with Gasteiger partial charge in [0.1, 0.15) is 5.54 Å². The Labute approximate surface area is 175 Å². The number of nitrogens with one attached hydrogen (secondary N) is 1. The van der Waals surface area contributed by atoms with Crippen molar-refractivity contribution in [1.29, 1.82) is 0 Å². The molecule has 30 heavy (non-hydrogen) atoms. The number of pyridine rings is 3. The predicted octanol–water partition coefficient (Wildman–Crippen LogP) is 2.87. The number of anilines is 2. The zero-order valence-corrected chi connectivity index (χ0v) is 16.7. The van der Waals surface area contributed by atoms with Gasteiger partial charge < -0.3 is 5.32 Å². The van der Waals surface area contributed by atoms with Gasteiger partial charge in [-0.3, -0.25) is 24.6 Å². The number of fused-ring (bicyclic) bond motifs is 1. The van der Waals surface area contributed by atoms with Crippen LogP contribution < -0.4 is 10.2 Å². The van der Waals surface area contributed by atoms with Gasteiger partial charge in [-0.15, -0.1) is 0 Å². The second-order valence-electron chi connectivity index (χ2n) is 7.97. The number of carbonyl (C=O) groups excluding carboxylic acids is 1. The first kappa shape index (κ1) is 18.7. The molecule has 0 aromatic carbocycles. The second kappa shape index (κ2) is 7.84. The first-order valence-corrected chi connectivity index (χ1v) is 10.3. The maximum Gasteiger partial charge on any atom is 0.254 e. The summed E-state index contributed by atoms with van der Waals surface area (Å²) in [5, 5.41) is 3.56. The van der Waals surface area contributed by atoms with Gasteiger partial charge in [-0.25, -0.2) is 4.98 Å². The molecule has 1 fully saturated rings. The van der Waals surface area contributed by atoms with Crippen molar-refractivity contribution in [2.75, 3.05) is 23.3 Å². The van der Waals surface area contributed by atoms with E-state index >= 15 is 0 Å². The van der Waals surface area contributed by atoms with E-state index in [9.17, 15) is 4.79 Å². The molecule has 0 atom stereocenters. The van der Waals surface area contributed by atoms with Crippen molar-refractivity contribution in [3.8, 4) is 0 Å². The molecular formula is C23H24N6O. The standard InChI is InChI=1S/C23H24N6O/c30-22-23(7-13-28(14-8-23)16-18-5-11-24-12-6-18)27-20-4-2-10-26-21(20)29(22)17-19-3-1-9-25-15-19/h1-6,9-12,15,27H,7-8,13-14,16-17H2. The molecule has 7 nitrogen and oxygen atoms in total. The minimum Gasteiger partial charge on any atom is -0.368 e. The Bertz CT molecular complexity index is 1020. The van der Waals surface area contributed by atoms with Crippen LogP contribution in [0.15, 0.2) is 67.4 Å². The average Bonchev–Trinajstić information content (AvgIpc) is 2.80. The van der Waals surface area contributed by atoms with E-state index in [0.29, 0.717) is 12.4 Å². The van der Waals surface area contributed by atoms with Crippen LogP contribution >= 0.6 is 0 Å². The molecule has 5 heterocycles. The molecule has 0 unspecified atom stereocenters. The summed E-state index contributed by atoms with van der Waals surface area (Å²) >= 11 is 0. The van der Waals surface area contributed by atoms with E-state index in [-0.39, 0.29) is 5.91 Å². The van der Waals surface area contributed by atoms with Gasteiger partial charge in [0.15, 0.2) is 5.82 Å². The molecular weight excluding hydrogens is 376 g/mol. The fourth-order valence-electron chi connectivity index (χ4n) is 4.37. The number of hydrogen-bond donors (Lipinski definition) is 1. The molecule has 152 valence electrons. The molecule has 0 bridgehead atoms. The van der Waals surface area contributed by atoms with Crippen molar-refractivity contribution in [2.45, 2.75) is 31.5 Å². The molecule has 1 N–H and O–H groups in total. The lowest BCUT2D eigenvalue weighted by Gasteiger charge is -2.47. The van der Waals surface area contributed by atoms with Crippen molar-refractivity contribution in [3.05, 3.63) is 78.5 Å². The number of amides is 1. The Morgan fingerprint density at radius 1 is 0.900 bits per heavy atom. The van der Waals surface area contributed by atoms with Crippen LogP contribution in [0.25, 0.3) is 0 Å². The van der Waals surface area contributed by atoms with Crippen molar-refractivity contribution < 1.29 is 4.79 Å². The molecule has 2 aliphatic rings. The number of likely N-dealkylation sites (tertiary alicyclic amines) is 1. The maximum atomic E-state index is 13.7. The summed E-state index contributed by atoms with van der Waals surface area (Å²) in [4.78, 5) is 30.7. The third kappa shape index (κ3) is 3.52. The number of carbonyl (C=O) groups is 1. The second-order valence-corrected chi connectivity index (χ2v) is 7.97. The van der Waals surface area contributed by atoms with Crippen molar-refractivity contribution in [3.63, 3.8) is 0 Å². The summed E-state index contributed by atoms with van der Waals surface area (Å²) in [5.41, 5.74) is 2.57. The Balaban J connectivity index is 1.38. The van der Waals surface area contributed by atoms with Crippen molar-refractivity contribution >= 4 is 17.4 Å². The Morgan fingerprint density at radius 3 is 2.47 bits per heavy atom. The molecule has 0 radical (unpaired) electrons. The predicted molar refractivity (Wildman–Crippen MR) is 115 cm³/mol. The molecule has 7 heteroatoms. The first-order valence-electron chi connectivity index (χ1n) is 10.3. The van der Waals surface area contributed by atoms with E-state index in [1.165, 1.54) is 5.56 Å². The lowest BCUT2D eigenvalue weighted by atomic mass is 9.83. The van der Waals surface area contributed by atoms with Crippen LogP contribution in [0.2, 0.25) is 0 Å². The molecule has 5 rings (SSSR count). The van der Waals surface area contributed by atoms with Crippen LogP contribution in [0, 0.1) is 0 Å². The minimum atomic E-state index is -0.590. The normalized spacial score (nSPS) is 18.1. The quantitative estimate of drug-likeness (QED) is 0.726. The smallest absolute Gasteiger partial charge is 0.254 e. The van der Waals surface area contributed by atoms with E-state index in [0.717, 1.165) is 43.7 Å². The number of aromatic nitrogens is 3. The zero-order chi connectivity index (χ0) is 20.4. The number of rotatable bonds is 4. The first-order chi connectivity index (χ1) is 14.7. The highest BCUT2D eigenvalue weighted by Crippen LogP contribution is 2.39. The van der Waals surface area contributed by atoms with Crippen LogP contribution in [0.1, 0.15) is 24.0 Å². The van der Waals surface area contributed by atoms with Gasteiger partial charge in [-0.05, 0) is 54.3 Å². The Morgan fingerprint density at radius 2 is 1.70 bits per heavy atom. The lowest BCUT2D eigenvalue weighted by Crippen LogP contribution is -2.61. The van der Waals surface area contributed by atoms with Crippen molar-refractivity contribution in [1.82, 2.24) is 19.9 Å². The fraction of sp³-hybridized carbons (Fsp3) is 0.304. The number of nitrogens with zero attached hydrogens (tertiary/aromatic N) is 5. The lowest BCUT2D eigenvalue weighted by molar-refractivity contribution is -0.125. The average molecular weight is 400 g/mol. The highest BCUT2D eigenvalue weighted by molar-refractivity contribution is 6.06.